The first kappa shape index (κ1) is 20.7. The van der Waals surface area contributed by atoms with Crippen molar-refractivity contribution < 1.29 is 18.3 Å². The Balaban J connectivity index is 1.83. The van der Waals surface area contributed by atoms with Crippen LogP contribution in [0.5, 0.6) is 0 Å². The molecule has 0 spiro atoms. The summed E-state index contributed by atoms with van der Waals surface area (Å²) in [6.07, 6.45) is 7.82. The van der Waals surface area contributed by atoms with Crippen molar-refractivity contribution >= 4 is 22.9 Å². The third-order valence-corrected chi connectivity index (χ3v) is 5.64. The molecule has 30 heavy (non-hydrogen) atoms. The second kappa shape index (κ2) is 8.28. The Labute approximate surface area is 172 Å². The highest BCUT2D eigenvalue weighted by molar-refractivity contribution is 5.96. The molecular weight excluding hydrogens is 392 g/mol. The van der Waals surface area contributed by atoms with Crippen LogP contribution in [-0.4, -0.2) is 35.8 Å². The molecule has 1 saturated carbocycles. The lowest BCUT2D eigenvalue weighted by Crippen LogP contribution is -2.23. The number of hydrogen-bond donors (Lipinski definition) is 2. The van der Waals surface area contributed by atoms with Crippen LogP contribution in [-0.2, 0) is 4.74 Å². The summed E-state index contributed by atoms with van der Waals surface area (Å²) < 4.78 is 35.9. The summed E-state index contributed by atoms with van der Waals surface area (Å²) in [5.41, 5.74) is 5.40. The average molecular weight is 417 g/mol. The van der Waals surface area contributed by atoms with E-state index in [1.54, 1.807) is 17.6 Å². The molecule has 0 amide bonds. The van der Waals surface area contributed by atoms with E-state index < -0.39 is 23.0 Å². The molecule has 2 atom stereocenters. The molecule has 0 radical (unpaired) electrons. The lowest BCUT2D eigenvalue weighted by molar-refractivity contribution is 0.0524. The molecule has 2 aliphatic rings. The number of fused-ring (bicyclic) bond motifs is 1. The predicted octanol–water partition coefficient (Wildman–Crippen LogP) is 2.88. The molecule has 160 valence electrons. The van der Waals surface area contributed by atoms with Crippen LogP contribution in [0.2, 0.25) is 0 Å². The summed E-state index contributed by atoms with van der Waals surface area (Å²) in [4.78, 5) is 25.2. The summed E-state index contributed by atoms with van der Waals surface area (Å²) in [7, 11) is 0. The molecule has 0 unspecified atom stereocenters. The maximum atomic E-state index is 14.8. The Bertz CT molecular complexity index is 1080. The standard InChI is InChI=1S/C22H25F2N3O3/c1-2-30-22(29)17-11-27(14-6-7-14)20-15(5-3-4-13-8-12(25)10-26-13)19(24)18(23)9-16(20)21(17)28/h3,5,9,11-14,26H,2,4,6-8,10,25H2,1H3/b5-3-/t12-,13-/m1/s1. The number of rotatable bonds is 6. The zero-order chi connectivity index (χ0) is 21.4. The van der Waals surface area contributed by atoms with Crippen molar-refractivity contribution in [3.8, 4) is 0 Å². The van der Waals surface area contributed by atoms with Gasteiger partial charge in [0.25, 0.3) is 0 Å². The highest BCUT2D eigenvalue weighted by Crippen LogP contribution is 2.38. The lowest BCUT2D eigenvalue weighted by Gasteiger charge is -2.16. The number of aromatic nitrogens is 1. The fraction of sp³-hybridized carbons (Fsp3) is 0.455. The van der Waals surface area contributed by atoms with Crippen LogP contribution >= 0.6 is 0 Å². The number of pyridine rings is 1. The van der Waals surface area contributed by atoms with E-state index in [2.05, 4.69) is 5.32 Å². The molecule has 4 rings (SSSR count). The SMILES string of the molecule is CCOC(=O)c1cn(C2CC2)c2c(/C=C\C[C@@H]3C[C@@H](N)CN3)c(F)c(F)cc2c1=O. The third-order valence-electron chi connectivity index (χ3n) is 5.64. The van der Waals surface area contributed by atoms with E-state index in [-0.39, 0.29) is 41.2 Å². The highest BCUT2D eigenvalue weighted by atomic mass is 19.2. The number of benzene rings is 1. The summed E-state index contributed by atoms with van der Waals surface area (Å²) in [5.74, 6) is -2.89. The minimum absolute atomic E-state index is 0.0201. The molecule has 2 heterocycles. The number of carbonyl (C=O) groups excluding carboxylic acids is 1. The molecule has 0 bridgehead atoms. The Hall–Kier alpha value is -2.58. The van der Waals surface area contributed by atoms with E-state index in [1.807, 2.05) is 0 Å². The molecule has 2 aromatic rings. The van der Waals surface area contributed by atoms with E-state index in [0.717, 1.165) is 31.9 Å². The summed E-state index contributed by atoms with van der Waals surface area (Å²) in [6, 6.07) is 1.19. The van der Waals surface area contributed by atoms with Gasteiger partial charge in [-0.3, -0.25) is 4.79 Å². The van der Waals surface area contributed by atoms with Crippen LogP contribution in [0.3, 0.4) is 0 Å². The number of ether oxygens (including phenoxy) is 1. The second-order valence-electron chi connectivity index (χ2n) is 7.95. The van der Waals surface area contributed by atoms with Gasteiger partial charge in [0.1, 0.15) is 5.56 Å². The van der Waals surface area contributed by atoms with Gasteiger partial charge in [-0.15, -0.1) is 0 Å². The van der Waals surface area contributed by atoms with Crippen LogP contribution in [0, 0.1) is 11.6 Å². The lowest BCUT2D eigenvalue weighted by atomic mass is 10.0. The predicted molar refractivity (Wildman–Crippen MR) is 110 cm³/mol. The quantitative estimate of drug-likeness (QED) is 0.706. The Morgan fingerprint density at radius 2 is 2.17 bits per heavy atom. The van der Waals surface area contributed by atoms with Crippen LogP contribution in [0.15, 0.2) is 23.1 Å². The number of nitrogens with one attached hydrogen (secondary N) is 1. The fourth-order valence-electron chi connectivity index (χ4n) is 4.02. The topological polar surface area (TPSA) is 86.3 Å². The van der Waals surface area contributed by atoms with Crippen LogP contribution < -0.4 is 16.5 Å². The summed E-state index contributed by atoms with van der Waals surface area (Å²) >= 11 is 0. The third kappa shape index (κ3) is 3.89. The van der Waals surface area contributed by atoms with E-state index in [0.29, 0.717) is 11.9 Å². The largest absolute Gasteiger partial charge is 0.462 e. The van der Waals surface area contributed by atoms with Gasteiger partial charge in [-0.1, -0.05) is 12.2 Å². The molecule has 2 fully saturated rings. The number of carbonyl (C=O) groups is 1. The number of halogens is 2. The van der Waals surface area contributed by atoms with E-state index in [9.17, 15) is 18.4 Å². The maximum absolute atomic E-state index is 14.8. The minimum atomic E-state index is -1.12. The highest BCUT2D eigenvalue weighted by Gasteiger charge is 2.29. The first-order valence-corrected chi connectivity index (χ1v) is 10.3. The zero-order valence-electron chi connectivity index (χ0n) is 16.8. The first-order chi connectivity index (χ1) is 14.4. The van der Waals surface area contributed by atoms with Crippen molar-refractivity contribution in [2.45, 2.75) is 50.7 Å². The molecule has 1 aliphatic heterocycles. The van der Waals surface area contributed by atoms with Gasteiger partial charge in [-0.05, 0) is 38.7 Å². The fourth-order valence-corrected chi connectivity index (χ4v) is 4.02. The Kier molecular flexibility index (Phi) is 5.71. The smallest absolute Gasteiger partial charge is 0.343 e. The monoisotopic (exact) mass is 417 g/mol. The van der Waals surface area contributed by atoms with Crippen molar-refractivity contribution in [1.29, 1.82) is 0 Å². The molecule has 1 aromatic carbocycles. The number of nitrogens with two attached hydrogens (primary N) is 1. The van der Waals surface area contributed by atoms with Gasteiger partial charge in [0.2, 0.25) is 5.43 Å². The zero-order valence-corrected chi connectivity index (χ0v) is 16.8. The number of esters is 1. The molecule has 8 heteroatoms. The first-order valence-electron chi connectivity index (χ1n) is 10.3. The summed E-state index contributed by atoms with van der Waals surface area (Å²) in [6.45, 7) is 2.49. The van der Waals surface area contributed by atoms with E-state index >= 15 is 0 Å². The van der Waals surface area contributed by atoms with Gasteiger partial charge in [0.15, 0.2) is 11.6 Å². The molecule has 3 N–H and O–H groups in total. The Morgan fingerprint density at radius 3 is 2.80 bits per heavy atom. The minimum Gasteiger partial charge on any atom is -0.462 e. The maximum Gasteiger partial charge on any atom is 0.343 e. The average Bonchev–Trinajstić information content (AvgIpc) is 3.47. The van der Waals surface area contributed by atoms with Crippen LogP contribution in [0.25, 0.3) is 17.0 Å². The van der Waals surface area contributed by atoms with E-state index in [4.69, 9.17) is 10.5 Å². The van der Waals surface area contributed by atoms with Gasteiger partial charge in [0, 0.05) is 36.4 Å². The van der Waals surface area contributed by atoms with Gasteiger partial charge in [-0.25, -0.2) is 13.6 Å². The van der Waals surface area contributed by atoms with Gasteiger partial charge >= 0.3 is 5.97 Å². The van der Waals surface area contributed by atoms with Gasteiger partial charge in [-0.2, -0.15) is 0 Å². The van der Waals surface area contributed by atoms with Gasteiger partial charge < -0.3 is 20.4 Å². The Morgan fingerprint density at radius 1 is 1.40 bits per heavy atom. The summed E-state index contributed by atoms with van der Waals surface area (Å²) in [5, 5.41) is 3.26. The molecule has 1 saturated heterocycles. The van der Waals surface area contributed by atoms with Crippen molar-refractivity contribution in [2.75, 3.05) is 13.2 Å². The molecule has 1 aromatic heterocycles. The van der Waals surface area contributed by atoms with Crippen molar-refractivity contribution in [2.24, 2.45) is 5.73 Å². The van der Waals surface area contributed by atoms with E-state index in [1.165, 1.54) is 12.3 Å². The number of nitrogens with zero attached hydrogens (tertiary/aromatic N) is 1. The van der Waals surface area contributed by atoms with Crippen molar-refractivity contribution in [3.05, 3.63) is 51.3 Å². The van der Waals surface area contributed by atoms with Crippen molar-refractivity contribution in [1.82, 2.24) is 9.88 Å². The number of hydrogen-bond acceptors (Lipinski definition) is 5. The molecular formula is C22H25F2N3O3. The normalized spacial score (nSPS) is 21.6. The van der Waals surface area contributed by atoms with Crippen LogP contribution in [0.1, 0.15) is 54.6 Å². The second-order valence-corrected chi connectivity index (χ2v) is 7.95. The van der Waals surface area contributed by atoms with Gasteiger partial charge in [0.05, 0.1) is 17.5 Å². The van der Waals surface area contributed by atoms with Crippen LogP contribution in [0.4, 0.5) is 8.78 Å². The van der Waals surface area contributed by atoms with Crippen molar-refractivity contribution in [3.63, 3.8) is 0 Å². The molecule has 6 nitrogen and oxygen atoms in total. The molecule has 1 aliphatic carbocycles.